The van der Waals surface area contributed by atoms with Gasteiger partial charge in [-0.05, 0) is 55.3 Å². The van der Waals surface area contributed by atoms with Gasteiger partial charge in [0, 0.05) is 22.5 Å². The molecule has 21 heavy (non-hydrogen) atoms. The molecular formula is C17H16BrClN2. The van der Waals surface area contributed by atoms with Gasteiger partial charge in [0.25, 0.3) is 0 Å². The maximum Gasteiger partial charge on any atom is 0.115 e. The highest BCUT2D eigenvalue weighted by atomic mass is 79.9. The molecule has 0 radical (unpaired) electrons. The monoisotopic (exact) mass is 362 g/mol. The fourth-order valence-electron chi connectivity index (χ4n) is 2.72. The second kappa shape index (κ2) is 5.82. The lowest BCUT2D eigenvalue weighted by Crippen LogP contribution is -2.03. The molecule has 2 aromatic carbocycles. The van der Waals surface area contributed by atoms with Crippen LogP contribution in [0.1, 0.15) is 17.0 Å². The first-order valence-corrected chi connectivity index (χ1v) is 8.23. The molecule has 108 valence electrons. The van der Waals surface area contributed by atoms with E-state index in [1.54, 1.807) is 0 Å². The molecule has 0 saturated carbocycles. The second-order valence-electron chi connectivity index (χ2n) is 5.28. The molecule has 0 aliphatic heterocycles. The molecule has 4 heteroatoms. The molecule has 3 rings (SSSR count). The number of benzene rings is 2. The number of rotatable bonds is 3. The van der Waals surface area contributed by atoms with E-state index in [2.05, 4.69) is 58.6 Å². The van der Waals surface area contributed by atoms with Gasteiger partial charge in [-0.3, -0.25) is 4.57 Å². The van der Waals surface area contributed by atoms with Crippen LogP contribution in [0, 0.1) is 13.8 Å². The van der Waals surface area contributed by atoms with Gasteiger partial charge < -0.3 is 0 Å². The third-order valence-corrected chi connectivity index (χ3v) is 4.15. The lowest BCUT2D eigenvalue weighted by atomic mass is 10.1. The zero-order valence-corrected chi connectivity index (χ0v) is 14.4. The summed E-state index contributed by atoms with van der Waals surface area (Å²) in [6.45, 7) is 4.24. The van der Waals surface area contributed by atoms with Gasteiger partial charge in [0.2, 0.25) is 0 Å². The Balaban J connectivity index is 2.30. The summed E-state index contributed by atoms with van der Waals surface area (Å²) < 4.78 is 3.25. The van der Waals surface area contributed by atoms with Crippen molar-refractivity contribution >= 4 is 38.6 Å². The summed E-state index contributed by atoms with van der Waals surface area (Å²) in [5, 5.41) is 0. The molecule has 1 heterocycles. The quantitative estimate of drug-likeness (QED) is 0.586. The minimum Gasteiger partial charge on any atom is -0.296 e. The zero-order chi connectivity index (χ0) is 15.0. The van der Waals surface area contributed by atoms with E-state index in [4.69, 9.17) is 16.6 Å². The summed E-state index contributed by atoms with van der Waals surface area (Å²) >= 11 is 9.46. The number of hydrogen-bond donors (Lipinski definition) is 0. The van der Waals surface area contributed by atoms with Crippen molar-refractivity contribution in [1.29, 1.82) is 0 Å². The Labute approximate surface area is 137 Å². The number of aryl methyl sites for hydroxylation is 3. The molecule has 0 spiro atoms. The van der Waals surface area contributed by atoms with Crippen molar-refractivity contribution in [2.24, 2.45) is 0 Å². The van der Waals surface area contributed by atoms with E-state index in [-0.39, 0.29) is 0 Å². The van der Waals surface area contributed by atoms with Crippen LogP contribution >= 0.6 is 27.5 Å². The van der Waals surface area contributed by atoms with Gasteiger partial charge in [-0.15, -0.1) is 11.6 Å². The third-order valence-electron chi connectivity index (χ3n) is 3.47. The summed E-state index contributed by atoms with van der Waals surface area (Å²) in [4.78, 5) is 4.75. The van der Waals surface area contributed by atoms with E-state index in [1.807, 2.05) is 12.1 Å². The van der Waals surface area contributed by atoms with Gasteiger partial charge in [0.15, 0.2) is 0 Å². The molecule has 0 atom stereocenters. The average Bonchev–Trinajstić information content (AvgIpc) is 2.75. The highest BCUT2D eigenvalue weighted by Crippen LogP contribution is 2.26. The molecule has 0 amide bonds. The van der Waals surface area contributed by atoms with Crippen LogP contribution < -0.4 is 0 Å². The first-order valence-electron chi connectivity index (χ1n) is 6.90. The molecule has 0 unspecified atom stereocenters. The lowest BCUT2D eigenvalue weighted by molar-refractivity contribution is 0.910. The zero-order valence-electron chi connectivity index (χ0n) is 12.0. The van der Waals surface area contributed by atoms with Crippen molar-refractivity contribution in [3.8, 4) is 5.69 Å². The minimum atomic E-state index is 0.565. The van der Waals surface area contributed by atoms with Crippen LogP contribution in [0.3, 0.4) is 0 Å². The van der Waals surface area contributed by atoms with E-state index < -0.39 is 0 Å². The Morgan fingerprint density at radius 2 is 1.81 bits per heavy atom. The standard InChI is InChI=1S/C17H16BrClN2/c1-11-7-12(2)9-14(8-11)21-16-4-3-13(18)10-15(16)20-17(21)5-6-19/h3-4,7-10H,5-6H2,1-2H3. The Morgan fingerprint density at radius 1 is 1.10 bits per heavy atom. The van der Waals surface area contributed by atoms with Crippen LogP contribution in [0.4, 0.5) is 0 Å². The maximum absolute atomic E-state index is 5.95. The Morgan fingerprint density at radius 3 is 2.48 bits per heavy atom. The third kappa shape index (κ3) is 2.85. The summed E-state index contributed by atoms with van der Waals surface area (Å²) in [6.07, 6.45) is 0.751. The van der Waals surface area contributed by atoms with Crippen molar-refractivity contribution < 1.29 is 0 Å². The lowest BCUT2D eigenvalue weighted by Gasteiger charge is -2.11. The van der Waals surface area contributed by atoms with Crippen LogP contribution in [-0.2, 0) is 6.42 Å². The van der Waals surface area contributed by atoms with E-state index in [0.717, 1.165) is 33.4 Å². The van der Waals surface area contributed by atoms with E-state index in [9.17, 15) is 0 Å². The summed E-state index contributed by atoms with van der Waals surface area (Å²) in [5.74, 6) is 1.57. The highest BCUT2D eigenvalue weighted by molar-refractivity contribution is 9.10. The van der Waals surface area contributed by atoms with Crippen LogP contribution in [0.2, 0.25) is 0 Å². The Hall–Kier alpha value is -1.32. The van der Waals surface area contributed by atoms with Gasteiger partial charge in [0.05, 0.1) is 11.0 Å². The number of nitrogens with zero attached hydrogens (tertiary/aromatic N) is 2. The maximum atomic E-state index is 5.95. The van der Waals surface area contributed by atoms with E-state index in [0.29, 0.717) is 5.88 Å². The smallest absolute Gasteiger partial charge is 0.115 e. The van der Waals surface area contributed by atoms with Crippen LogP contribution in [0.25, 0.3) is 16.7 Å². The van der Waals surface area contributed by atoms with Crippen LogP contribution in [0.5, 0.6) is 0 Å². The number of aromatic nitrogens is 2. The molecule has 0 bridgehead atoms. The fraction of sp³-hybridized carbons (Fsp3) is 0.235. The van der Waals surface area contributed by atoms with Gasteiger partial charge in [-0.1, -0.05) is 22.0 Å². The SMILES string of the molecule is Cc1cc(C)cc(-n2c(CCCl)nc3cc(Br)ccc32)c1. The fourth-order valence-corrected chi connectivity index (χ4v) is 3.24. The molecular weight excluding hydrogens is 348 g/mol. The topological polar surface area (TPSA) is 17.8 Å². The molecule has 1 aromatic heterocycles. The van der Waals surface area contributed by atoms with Gasteiger partial charge in [-0.25, -0.2) is 4.98 Å². The van der Waals surface area contributed by atoms with Crippen molar-refractivity contribution in [3.05, 3.63) is 57.8 Å². The predicted octanol–water partition coefficient (Wildman–Crippen LogP) is 5.19. The summed E-state index contributed by atoms with van der Waals surface area (Å²) in [5.41, 5.74) is 5.76. The predicted molar refractivity (Wildman–Crippen MR) is 92.7 cm³/mol. The van der Waals surface area contributed by atoms with E-state index >= 15 is 0 Å². The Bertz CT molecular complexity index is 788. The van der Waals surface area contributed by atoms with Crippen molar-refractivity contribution in [2.45, 2.75) is 20.3 Å². The average molecular weight is 364 g/mol. The number of hydrogen-bond acceptors (Lipinski definition) is 1. The first-order chi connectivity index (χ1) is 10.1. The van der Waals surface area contributed by atoms with Crippen molar-refractivity contribution in [1.82, 2.24) is 9.55 Å². The van der Waals surface area contributed by atoms with Crippen LogP contribution in [0.15, 0.2) is 40.9 Å². The highest BCUT2D eigenvalue weighted by Gasteiger charge is 2.13. The molecule has 0 fully saturated rings. The van der Waals surface area contributed by atoms with Gasteiger partial charge in [-0.2, -0.15) is 0 Å². The minimum absolute atomic E-state index is 0.565. The van der Waals surface area contributed by atoms with Crippen molar-refractivity contribution in [3.63, 3.8) is 0 Å². The number of fused-ring (bicyclic) bond motifs is 1. The molecule has 0 saturated heterocycles. The molecule has 3 aromatic rings. The van der Waals surface area contributed by atoms with Gasteiger partial charge >= 0.3 is 0 Å². The summed E-state index contributed by atoms with van der Waals surface area (Å²) in [7, 11) is 0. The van der Waals surface area contributed by atoms with Gasteiger partial charge in [0.1, 0.15) is 5.82 Å². The largest absolute Gasteiger partial charge is 0.296 e. The van der Waals surface area contributed by atoms with Crippen molar-refractivity contribution in [2.75, 3.05) is 5.88 Å². The molecule has 0 aliphatic carbocycles. The second-order valence-corrected chi connectivity index (χ2v) is 6.58. The molecule has 0 N–H and O–H groups in total. The normalized spacial score (nSPS) is 11.2. The number of imidazole rings is 1. The molecule has 0 aliphatic rings. The number of halogens is 2. The van der Waals surface area contributed by atoms with Crippen LogP contribution in [-0.4, -0.2) is 15.4 Å². The van der Waals surface area contributed by atoms with E-state index in [1.165, 1.54) is 11.1 Å². The first kappa shape index (κ1) is 14.6. The number of alkyl halides is 1. The summed E-state index contributed by atoms with van der Waals surface area (Å²) in [6, 6.07) is 12.8. The molecule has 2 nitrogen and oxygen atoms in total. The Kier molecular flexibility index (Phi) is 4.05.